The molecule has 0 amide bonds. The predicted octanol–water partition coefficient (Wildman–Crippen LogP) is 4.33. The molecule has 1 aromatic heterocycles. The van der Waals surface area contributed by atoms with E-state index in [0.717, 1.165) is 16.2 Å². The zero-order chi connectivity index (χ0) is 14.5. The molecule has 0 spiro atoms. The lowest BCUT2D eigenvalue weighted by atomic mass is 10.2. The van der Waals surface area contributed by atoms with Gasteiger partial charge >= 0.3 is 0 Å². The van der Waals surface area contributed by atoms with E-state index in [1.54, 1.807) is 12.1 Å². The smallest absolute Gasteiger partial charge is 0.180 e. The van der Waals surface area contributed by atoms with Crippen LogP contribution in [0.3, 0.4) is 0 Å². The van der Waals surface area contributed by atoms with Gasteiger partial charge in [0.05, 0.1) is 11.6 Å². The van der Waals surface area contributed by atoms with E-state index in [1.165, 1.54) is 11.9 Å². The fourth-order valence-corrected chi connectivity index (χ4v) is 2.36. The first kappa shape index (κ1) is 13.3. The average Bonchev–Trinajstić information content (AvgIpc) is 3.03. The standard InChI is InChI=1S/C16H11N3OS/c17-11-12-6-8-14(9-7-12)21-19-16-10-15(20-18-16)13-4-2-1-3-5-13/h1-10H,(H,18,19). The summed E-state index contributed by atoms with van der Waals surface area (Å²) in [7, 11) is 0. The number of nitrogens with one attached hydrogen (secondary N) is 1. The molecule has 0 radical (unpaired) electrons. The number of hydrogen-bond donors (Lipinski definition) is 1. The van der Waals surface area contributed by atoms with Gasteiger partial charge in [-0.3, -0.25) is 0 Å². The maximum atomic E-state index is 8.75. The van der Waals surface area contributed by atoms with Crippen LogP contribution in [0.4, 0.5) is 5.82 Å². The van der Waals surface area contributed by atoms with Gasteiger partial charge in [-0.05, 0) is 36.2 Å². The van der Waals surface area contributed by atoms with Gasteiger partial charge in [0.15, 0.2) is 11.6 Å². The predicted molar refractivity (Wildman–Crippen MR) is 82.6 cm³/mol. The molecule has 4 nitrogen and oxygen atoms in total. The second-order valence-corrected chi connectivity index (χ2v) is 5.16. The Bertz CT molecular complexity index is 760. The minimum Gasteiger partial charge on any atom is -0.354 e. The molecule has 0 atom stereocenters. The lowest BCUT2D eigenvalue weighted by Crippen LogP contribution is -1.86. The monoisotopic (exact) mass is 293 g/mol. The van der Waals surface area contributed by atoms with E-state index in [0.29, 0.717) is 11.4 Å². The van der Waals surface area contributed by atoms with Crippen LogP contribution in [0.2, 0.25) is 0 Å². The lowest BCUT2D eigenvalue weighted by molar-refractivity contribution is 0.436. The molecular formula is C16H11N3OS. The molecule has 0 aliphatic rings. The third-order valence-corrected chi connectivity index (χ3v) is 3.64. The van der Waals surface area contributed by atoms with Gasteiger partial charge < -0.3 is 9.25 Å². The second-order valence-electron chi connectivity index (χ2n) is 4.28. The highest BCUT2D eigenvalue weighted by molar-refractivity contribution is 8.00. The van der Waals surface area contributed by atoms with Crippen molar-refractivity contribution in [3.8, 4) is 17.4 Å². The van der Waals surface area contributed by atoms with E-state index in [1.807, 2.05) is 48.5 Å². The molecule has 0 aliphatic carbocycles. The maximum Gasteiger partial charge on any atom is 0.180 e. The summed E-state index contributed by atoms with van der Waals surface area (Å²) in [4.78, 5) is 0.998. The lowest BCUT2D eigenvalue weighted by Gasteiger charge is -2.00. The number of anilines is 1. The molecule has 0 bridgehead atoms. The van der Waals surface area contributed by atoms with Crippen LogP contribution in [-0.4, -0.2) is 5.16 Å². The van der Waals surface area contributed by atoms with Crippen molar-refractivity contribution in [2.24, 2.45) is 0 Å². The van der Waals surface area contributed by atoms with Crippen molar-refractivity contribution in [2.75, 3.05) is 4.72 Å². The maximum absolute atomic E-state index is 8.75. The summed E-state index contributed by atoms with van der Waals surface area (Å²) in [5.41, 5.74) is 1.63. The molecule has 3 aromatic rings. The van der Waals surface area contributed by atoms with Crippen molar-refractivity contribution in [1.29, 1.82) is 5.26 Å². The summed E-state index contributed by atoms with van der Waals surface area (Å²) >= 11 is 1.42. The number of hydrogen-bond acceptors (Lipinski definition) is 5. The summed E-state index contributed by atoms with van der Waals surface area (Å²) in [5.74, 6) is 1.38. The molecular weight excluding hydrogens is 282 g/mol. The number of benzene rings is 2. The van der Waals surface area contributed by atoms with Crippen molar-refractivity contribution in [1.82, 2.24) is 5.16 Å². The van der Waals surface area contributed by atoms with Crippen LogP contribution in [0.5, 0.6) is 0 Å². The first-order valence-corrected chi connectivity index (χ1v) is 7.12. The number of nitriles is 1. The van der Waals surface area contributed by atoms with Gasteiger partial charge in [0.25, 0.3) is 0 Å². The van der Waals surface area contributed by atoms with Gasteiger partial charge in [-0.2, -0.15) is 5.26 Å². The molecule has 2 aromatic carbocycles. The van der Waals surface area contributed by atoms with Gasteiger partial charge in [0.1, 0.15) is 0 Å². The summed E-state index contributed by atoms with van der Waals surface area (Å²) in [6, 6.07) is 21.1. The van der Waals surface area contributed by atoms with Crippen LogP contribution < -0.4 is 4.72 Å². The van der Waals surface area contributed by atoms with Crippen molar-refractivity contribution in [2.45, 2.75) is 4.90 Å². The highest BCUT2D eigenvalue weighted by Gasteiger charge is 2.06. The zero-order valence-corrected chi connectivity index (χ0v) is 11.8. The first-order chi connectivity index (χ1) is 10.3. The molecule has 21 heavy (non-hydrogen) atoms. The Morgan fingerprint density at radius 3 is 2.52 bits per heavy atom. The zero-order valence-electron chi connectivity index (χ0n) is 11.0. The fraction of sp³-hybridized carbons (Fsp3) is 0. The van der Waals surface area contributed by atoms with Crippen molar-refractivity contribution in [3.63, 3.8) is 0 Å². The molecule has 0 aliphatic heterocycles. The second kappa shape index (κ2) is 6.16. The summed E-state index contributed by atoms with van der Waals surface area (Å²) < 4.78 is 8.42. The number of aromatic nitrogens is 1. The quantitative estimate of drug-likeness (QED) is 0.725. The van der Waals surface area contributed by atoms with Gasteiger partial charge in [0.2, 0.25) is 0 Å². The Morgan fingerprint density at radius 2 is 1.81 bits per heavy atom. The van der Waals surface area contributed by atoms with Gasteiger partial charge in [-0.15, -0.1) is 0 Å². The molecule has 3 rings (SSSR count). The molecule has 0 fully saturated rings. The Kier molecular flexibility index (Phi) is 3.90. The van der Waals surface area contributed by atoms with Crippen molar-refractivity contribution in [3.05, 3.63) is 66.2 Å². The minimum absolute atomic E-state index is 0.646. The van der Waals surface area contributed by atoms with Gasteiger partial charge in [-0.25, -0.2) is 0 Å². The summed E-state index contributed by atoms with van der Waals surface area (Å²) in [5, 5.41) is 12.7. The Labute approximate surface area is 126 Å². The molecule has 5 heteroatoms. The molecule has 102 valence electrons. The molecule has 1 heterocycles. The minimum atomic E-state index is 0.646. The van der Waals surface area contributed by atoms with Crippen molar-refractivity contribution >= 4 is 17.8 Å². The molecule has 0 saturated carbocycles. The summed E-state index contributed by atoms with van der Waals surface area (Å²) in [6.07, 6.45) is 0. The van der Waals surface area contributed by atoms with Gasteiger partial charge in [-0.1, -0.05) is 35.5 Å². The molecule has 0 unspecified atom stereocenters. The van der Waals surface area contributed by atoms with E-state index in [9.17, 15) is 0 Å². The Balaban J connectivity index is 1.66. The van der Waals surface area contributed by atoms with Crippen LogP contribution in [0.25, 0.3) is 11.3 Å². The summed E-state index contributed by atoms with van der Waals surface area (Å²) in [6.45, 7) is 0. The Morgan fingerprint density at radius 1 is 1.05 bits per heavy atom. The largest absolute Gasteiger partial charge is 0.354 e. The highest BCUT2D eigenvalue weighted by Crippen LogP contribution is 2.25. The van der Waals surface area contributed by atoms with Crippen LogP contribution in [0.1, 0.15) is 5.56 Å². The van der Waals surface area contributed by atoms with E-state index in [4.69, 9.17) is 9.78 Å². The van der Waals surface area contributed by atoms with Crippen LogP contribution in [0.15, 0.2) is 70.1 Å². The van der Waals surface area contributed by atoms with Crippen LogP contribution in [-0.2, 0) is 0 Å². The fourth-order valence-electron chi connectivity index (χ4n) is 1.77. The van der Waals surface area contributed by atoms with E-state index < -0.39 is 0 Å². The van der Waals surface area contributed by atoms with Crippen LogP contribution >= 0.6 is 11.9 Å². The highest BCUT2D eigenvalue weighted by atomic mass is 32.2. The first-order valence-electron chi connectivity index (χ1n) is 6.30. The Hall–Kier alpha value is -2.71. The van der Waals surface area contributed by atoms with Gasteiger partial charge in [0, 0.05) is 16.5 Å². The average molecular weight is 293 g/mol. The third kappa shape index (κ3) is 3.25. The third-order valence-electron chi connectivity index (χ3n) is 2.83. The van der Waals surface area contributed by atoms with Crippen LogP contribution in [0, 0.1) is 11.3 Å². The van der Waals surface area contributed by atoms with E-state index in [2.05, 4.69) is 15.9 Å². The number of rotatable bonds is 4. The van der Waals surface area contributed by atoms with E-state index in [-0.39, 0.29) is 0 Å². The topological polar surface area (TPSA) is 61.9 Å². The molecule has 0 saturated heterocycles. The number of nitrogens with zero attached hydrogens (tertiary/aromatic N) is 2. The SMILES string of the molecule is N#Cc1ccc(SNc2cc(-c3ccccc3)on2)cc1. The molecule has 1 N–H and O–H groups in total. The van der Waals surface area contributed by atoms with Crippen molar-refractivity contribution < 1.29 is 4.52 Å². The van der Waals surface area contributed by atoms with E-state index >= 15 is 0 Å². The normalized spacial score (nSPS) is 10.0.